The van der Waals surface area contributed by atoms with Gasteiger partial charge in [-0.3, -0.25) is 14.4 Å². The average molecular weight is 614 g/mol. The Hall–Kier alpha value is -4.75. The zero-order valence-electron chi connectivity index (χ0n) is 26.0. The molecule has 0 spiro atoms. The van der Waals surface area contributed by atoms with Gasteiger partial charge in [0.25, 0.3) is 0 Å². The van der Waals surface area contributed by atoms with Crippen molar-refractivity contribution >= 4 is 16.9 Å². The third-order valence-electron chi connectivity index (χ3n) is 9.23. The molecule has 2 N–H and O–H groups in total. The van der Waals surface area contributed by atoms with E-state index < -0.39 is 0 Å². The SMILES string of the molecule is N#Cc1cc(-c2ccccc2)c(-c2ccc(CN3CCC(n4c(=O)[nH]c5ccccc54)CC3)cc2)nc1NCCN1CCOCC1. The minimum atomic E-state index is -0.0167. The first-order chi connectivity index (χ1) is 22.7. The number of imidazole rings is 1. The molecule has 2 aliphatic rings. The van der Waals surface area contributed by atoms with Crippen molar-refractivity contribution in [3.63, 3.8) is 0 Å². The Morgan fingerprint density at radius 2 is 1.63 bits per heavy atom. The molecule has 0 radical (unpaired) electrons. The molecule has 3 aromatic carbocycles. The molecule has 4 heterocycles. The average Bonchev–Trinajstić information content (AvgIpc) is 3.45. The summed E-state index contributed by atoms with van der Waals surface area (Å²) in [5.41, 5.74) is 7.50. The van der Waals surface area contributed by atoms with Crippen LogP contribution < -0.4 is 11.0 Å². The summed E-state index contributed by atoms with van der Waals surface area (Å²) in [6, 6.07) is 31.3. The number of aromatic nitrogens is 3. The Morgan fingerprint density at radius 1 is 0.891 bits per heavy atom. The second-order valence-corrected chi connectivity index (χ2v) is 12.2. The fraction of sp³-hybridized carbons (Fsp3) is 0.324. The minimum absolute atomic E-state index is 0.0167. The number of piperidine rings is 1. The highest BCUT2D eigenvalue weighted by Gasteiger charge is 2.24. The van der Waals surface area contributed by atoms with Gasteiger partial charge in [0.1, 0.15) is 11.9 Å². The molecular formula is C37H39N7O2. The number of para-hydroxylation sites is 2. The molecule has 2 aliphatic heterocycles. The zero-order chi connectivity index (χ0) is 31.3. The summed E-state index contributed by atoms with van der Waals surface area (Å²) >= 11 is 0. The number of nitrogens with one attached hydrogen (secondary N) is 2. The molecular weight excluding hydrogens is 574 g/mol. The number of ether oxygens (including phenoxy) is 1. The van der Waals surface area contributed by atoms with Gasteiger partial charge in [-0.1, -0.05) is 66.7 Å². The predicted molar refractivity (Wildman–Crippen MR) is 182 cm³/mol. The number of fused-ring (bicyclic) bond motifs is 1. The van der Waals surface area contributed by atoms with E-state index in [2.05, 4.69) is 62.6 Å². The lowest BCUT2D eigenvalue weighted by Gasteiger charge is -2.32. The van der Waals surface area contributed by atoms with Crippen molar-refractivity contribution < 1.29 is 4.74 Å². The summed E-state index contributed by atoms with van der Waals surface area (Å²) in [6.45, 7) is 7.68. The lowest BCUT2D eigenvalue weighted by molar-refractivity contribution is 0.0398. The van der Waals surface area contributed by atoms with Gasteiger partial charge >= 0.3 is 5.69 Å². The van der Waals surface area contributed by atoms with Crippen molar-refractivity contribution in [2.75, 3.05) is 57.8 Å². The van der Waals surface area contributed by atoms with E-state index in [1.807, 2.05) is 53.1 Å². The standard InChI is InChI=1S/C37H39N7O2/c38-25-30-24-32(28-6-2-1-3-7-28)35(41-36(30)39-16-19-42-20-22-46-23-21-42)29-12-10-27(11-13-29)26-43-17-14-31(15-18-43)44-34-9-5-4-8-33(34)40-37(44)45/h1-13,24,31H,14-23,26H2,(H,39,41)(H,40,45). The molecule has 0 saturated carbocycles. The van der Waals surface area contributed by atoms with Gasteiger partial charge in [0.15, 0.2) is 0 Å². The van der Waals surface area contributed by atoms with Crippen molar-refractivity contribution in [1.82, 2.24) is 24.3 Å². The first-order valence-electron chi connectivity index (χ1n) is 16.2. The van der Waals surface area contributed by atoms with Crippen LogP contribution in [0.15, 0.2) is 89.7 Å². The van der Waals surface area contributed by atoms with Crippen LogP contribution in [0.4, 0.5) is 5.82 Å². The summed E-state index contributed by atoms with van der Waals surface area (Å²) in [6.07, 6.45) is 1.88. The second-order valence-electron chi connectivity index (χ2n) is 12.2. The Labute approximate surface area is 269 Å². The molecule has 0 unspecified atom stereocenters. The predicted octanol–water partition coefficient (Wildman–Crippen LogP) is 5.51. The van der Waals surface area contributed by atoms with Gasteiger partial charge in [0.2, 0.25) is 0 Å². The van der Waals surface area contributed by atoms with Crippen LogP contribution >= 0.6 is 0 Å². The van der Waals surface area contributed by atoms with E-state index in [0.717, 1.165) is 98.7 Å². The maximum absolute atomic E-state index is 12.7. The summed E-state index contributed by atoms with van der Waals surface area (Å²) in [4.78, 5) is 25.6. The maximum Gasteiger partial charge on any atom is 0.326 e. The van der Waals surface area contributed by atoms with E-state index in [1.54, 1.807) is 0 Å². The Balaban J connectivity index is 1.07. The highest BCUT2D eigenvalue weighted by molar-refractivity contribution is 5.84. The van der Waals surface area contributed by atoms with E-state index in [4.69, 9.17) is 9.72 Å². The van der Waals surface area contributed by atoms with E-state index in [1.165, 1.54) is 5.56 Å². The number of likely N-dealkylation sites (tertiary alicyclic amines) is 1. The van der Waals surface area contributed by atoms with Crippen LogP contribution in [0.25, 0.3) is 33.4 Å². The Bertz CT molecular complexity index is 1880. The number of rotatable bonds is 9. The summed E-state index contributed by atoms with van der Waals surface area (Å²) in [5, 5.41) is 13.5. The maximum atomic E-state index is 12.7. The lowest BCUT2D eigenvalue weighted by Crippen LogP contribution is -2.39. The first kappa shape index (κ1) is 29.9. The van der Waals surface area contributed by atoms with E-state index in [-0.39, 0.29) is 11.7 Å². The lowest BCUT2D eigenvalue weighted by atomic mass is 9.96. The van der Waals surface area contributed by atoms with Gasteiger partial charge in [-0.2, -0.15) is 5.26 Å². The number of aromatic amines is 1. The van der Waals surface area contributed by atoms with Gasteiger partial charge < -0.3 is 15.0 Å². The van der Waals surface area contributed by atoms with Crippen LogP contribution in [0.1, 0.15) is 30.0 Å². The molecule has 0 bridgehead atoms. The van der Waals surface area contributed by atoms with Crippen molar-refractivity contribution in [2.24, 2.45) is 0 Å². The number of hydrogen-bond acceptors (Lipinski definition) is 7. The molecule has 2 saturated heterocycles. The van der Waals surface area contributed by atoms with Gasteiger partial charge in [0, 0.05) is 63.0 Å². The highest BCUT2D eigenvalue weighted by Crippen LogP contribution is 2.34. The van der Waals surface area contributed by atoms with E-state index in [0.29, 0.717) is 17.9 Å². The van der Waals surface area contributed by atoms with Crippen LogP contribution in [0, 0.1) is 11.3 Å². The first-order valence-corrected chi connectivity index (χ1v) is 16.2. The molecule has 2 aromatic heterocycles. The van der Waals surface area contributed by atoms with Crippen LogP contribution in [-0.4, -0.2) is 76.8 Å². The number of nitriles is 1. The largest absolute Gasteiger partial charge is 0.379 e. The van der Waals surface area contributed by atoms with Gasteiger partial charge in [-0.05, 0) is 42.2 Å². The summed E-state index contributed by atoms with van der Waals surface area (Å²) in [7, 11) is 0. The number of hydrogen-bond donors (Lipinski definition) is 2. The molecule has 234 valence electrons. The quantitative estimate of drug-likeness (QED) is 0.226. The Kier molecular flexibility index (Phi) is 8.92. The third-order valence-corrected chi connectivity index (χ3v) is 9.23. The van der Waals surface area contributed by atoms with E-state index in [9.17, 15) is 10.1 Å². The second kappa shape index (κ2) is 13.7. The third kappa shape index (κ3) is 6.46. The zero-order valence-corrected chi connectivity index (χ0v) is 26.0. The number of benzene rings is 3. The van der Waals surface area contributed by atoms with Crippen LogP contribution in [0.2, 0.25) is 0 Å². The molecule has 9 nitrogen and oxygen atoms in total. The van der Waals surface area contributed by atoms with Crippen molar-refractivity contribution in [3.8, 4) is 28.5 Å². The molecule has 5 aromatic rings. The van der Waals surface area contributed by atoms with Crippen LogP contribution in [0.3, 0.4) is 0 Å². The summed E-state index contributed by atoms with van der Waals surface area (Å²) < 4.78 is 7.42. The van der Waals surface area contributed by atoms with Gasteiger partial charge in [0.05, 0.1) is 35.5 Å². The van der Waals surface area contributed by atoms with Crippen molar-refractivity contribution in [1.29, 1.82) is 5.26 Å². The van der Waals surface area contributed by atoms with Crippen molar-refractivity contribution in [2.45, 2.75) is 25.4 Å². The molecule has 0 aliphatic carbocycles. The number of H-pyrrole nitrogens is 1. The summed E-state index contributed by atoms with van der Waals surface area (Å²) in [5.74, 6) is 0.617. The number of pyridine rings is 1. The normalized spacial score (nSPS) is 16.4. The fourth-order valence-electron chi connectivity index (χ4n) is 6.75. The smallest absolute Gasteiger partial charge is 0.326 e. The van der Waals surface area contributed by atoms with Crippen molar-refractivity contribution in [3.05, 3.63) is 107 Å². The van der Waals surface area contributed by atoms with Gasteiger partial charge in [-0.15, -0.1) is 0 Å². The van der Waals surface area contributed by atoms with Crippen LogP contribution in [-0.2, 0) is 11.3 Å². The molecule has 2 fully saturated rings. The Morgan fingerprint density at radius 3 is 2.39 bits per heavy atom. The molecule has 46 heavy (non-hydrogen) atoms. The molecule has 0 atom stereocenters. The number of anilines is 1. The topological polar surface area (TPSA) is 102 Å². The fourth-order valence-corrected chi connectivity index (χ4v) is 6.75. The number of morpholine rings is 1. The van der Waals surface area contributed by atoms with Gasteiger partial charge in [-0.25, -0.2) is 9.78 Å². The number of nitrogens with zero attached hydrogens (tertiary/aromatic N) is 5. The minimum Gasteiger partial charge on any atom is -0.379 e. The molecule has 7 rings (SSSR count). The monoisotopic (exact) mass is 613 g/mol. The van der Waals surface area contributed by atoms with E-state index >= 15 is 0 Å². The highest BCUT2D eigenvalue weighted by atomic mass is 16.5. The molecule has 0 amide bonds. The van der Waals surface area contributed by atoms with Crippen LogP contribution in [0.5, 0.6) is 0 Å². The molecule has 9 heteroatoms.